The largest absolute Gasteiger partial charge is 0.508 e. The Bertz CT molecular complexity index is 730. The van der Waals surface area contributed by atoms with Crippen molar-refractivity contribution in [2.24, 2.45) is 0 Å². The number of benzene rings is 2. The zero-order valence-electron chi connectivity index (χ0n) is 11.8. The van der Waals surface area contributed by atoms with Gasteiger partial charge < -0.3 is 15.5 Å². The van der Waals surface area contributed by atoms with Crippen molar-refractivity contribution < 1.29 is 15.1 Å². The topological polar surface area (TPSA) is 95.6 Å². The van der Waals surface area contributed by atoms with Gasteiger partial charge in [0.05, 0.1) is 17.6 Å². The van der Waals surface area contributed by atoms with Crippen LogP contribution in [-0.2, 0) is 13.0 Å². The van der Waals surface area contributed by atoms with Crippen molar-refractivity contribution in [1.82, 2.24) is 0 Å². The Balaban J connectivity index is 1.95. The van der Waals surface area contributed by atoms with Crippen LogP contribution in [0.2, 0.25) is 0 Å². The van der Waals surface area contributed by atoms with Crippen LogP contribution in [0.4, 0.5) is 11.4 Å². The number of aliphatic hydroxyl groups is 1. The van der Waals surface area contributed by atoms with Crippen LogP contribution in [0.3, 0.4) is 0 Å². The van der Waals surface area contributed by atoms with Gasteiger partial charge in [-0.25, -0.2) is 0 Å². The number of nitrogens with zero attached hydrogens (tertiary/aromatic N) is 1. The molecule has 0 aliphatic heterocycles. The van der Waals surface area contributed by atoms with E-state index in [1.54, 1.807) is 18.2 Å². The number of fused-ring (bicyclic) bond motifs is 1. The fourth-order valence-corrected chi connectivity index (χ4v) is 2.93. The van der Waals surface area contributed by atoms with Gasteiger partial charge in [-0.3, -0.25) is 10.1 Å². The van der Waals surface area contributed by atoms with Crippen molar-refractivity contribution in [1.29, 1.82) is 0 Å². The second-order valence-electron chi connectivity index (χ2n) is 5.35. The summed E-state index contributed by atoms with van der Waals surface area (Å²) in [6, 6.07) is 9.78. The first-order chi connectivity index (χ1) is 10.6. The summed E-state index contributed by atoms with van der Waals surface area (Å²) < 4.78 is 0. The quantitative estimate of drug-likeness (QED) is 0.596. The lowest BCUT2D eigenvalue weighted by Gasteiger charge is -2.16. The molecular formula is C16H16N2O4. The molecule has 1 unspecified atom stereocenters. The summed E-state index contributed by atoms with van der Waals surface area (Å²) in [6.45, 7) is -0.172. The van der Waals surface area contributed by atoms with Gasteiger partial charge in [0, 0.05) is 6.07 Å². The number of hydrogen-bond donors (Lipinski definition) is 3. The SMILES string of the molecule is O=[N+]([O-])c1ccc(CO)cc1NC1CCc2c(O)cccc21. The third-order valence-electron chi connectivity index (χ3n) is 4.02. The number of nitro benzene ring substituents is 1. The van der Waals surface area contributed by atoms with E-state index in [0.29, 0.717) is 11.3 Å². The molecule has 0 aromatic heterocycles. The van der Waals surface area contributed by atoms with Gasteiger partial charge in [0.15, 0.2) is 0 Å². The lowest BCUT2D eigenvalue weighted by Crippen LogP contribution is -2.09. The van der Waals surface area contributed by atoms with Crippen LogP contribution in [0.15, 0.2) is 36.4 Å². The van der Waals surface area contributed by atoms with E-state index in [9.17, 15) is 20.3 Å². The summed E-state index contributed by atoms with van der Waals surface area (Å²) in [6.07, 6.45) is 1.49. The molecule has 6 heteroatoms. The molecule has 0 saturated carbocycles. The van der Waals surface area contributed by atoms with Crippen molar-refractivity contribution in [3.05, 3.63) is 63.2 Å². The number of hydrogen-bond acceptors (Lipinski definition) is 5. The Labute approximate surface area is 127 Å². The summed E-state index contributed by atoms with van der Waals surface area (Å²) >= 11 is 0. The minimum absolute atomic E-state index is 0.0224. The number of nitrogens with one attached hydrogen (secondary N) is 1. The monoisotopic (exact) mass is 300 g/mol. The molecule has 3 rings (SSSR count). The molecule has 6 nitrogen and oxygen atoms in total. The van der Waals surface area contributed by atoms with Crippen LogP contribution in [0, 0.1) is 10.1 Å². The summed E-state index contributed by atoms with van der Waals surface area (Å²) in [5.74, 6) is 0.264. The molecule has 0 amide bonds. The summed E-state index contributed by atoms with van der Waals surface area (Å²) in [7, 11) is 0. The van der Waals surface area contributed by atoms with Crippen LogP contribution >= 0.6 is 0 Å². The van der Waals surface area contributed by atoms with Gasteiger partial charge in [0.2, 0.25) is 0 Å². The van der Waals surface area contributed by atoms with E-state index in [1.165, 1.54) is 12.1 Å². The number of nitro groups is 1. The highest BCUT2D eigenvalue weighted by Gasteiger charge is 2.26. The maximum atomic E-state index is 11.2. The highest BCUT2D eigenvalue weighted by molar-refractivity contribution is 5.64. The maximum Gasteiger partial charge on any atom is 0.292 e. The van der Waals surface area contributed by atoms with Crippen LogP contribution < -0.4 is 5.32 Å². The zero-order chi connectivity index (χ0) is 15.7. The third-order valence-corrected chi connectivity index (χ3v) is 4.02. The van der Waals surface area contributed by atoms with Crippen molar-refractivity contribution in [2.75, 3.05) is 5.32 Å². The van der Waals surface area contributed by atoms with Crippen LogP contribution in [0.25, 0.3) is 0 Å². The van der Waals surface area contributed by atoms with E-state index in [2.05, 4.69) is 5.32 Å². The van der Waals surface area contributed by atoms with E-state index in [0.717, 1.165) is 24.0 Å². The van der Waals surface area contributed by atoms with E-state index in [-0.39, 0.29) is 24.1 Å². The highest BCUT2D eigenvalue weighted by Crippen LogP contribution is 2.39. The Morgan fingerprint density at radius 1 is 1.32 bits per heavy atom. The highest BCUT2D eigenvalue weighted by atomic mass is 16.6. The van der Waals surface area contributed by atoms with Crippen molar-refractivity contribution in [2.45, 2.75) is 25.5 Å². The summed E-state index contributed by atoms with van der Waals surface area (Å²) in [4.78, 5) is 10.7. The first-order valence-corrected chi connectivity index (χ1v) is 7.05. The van der Waals surface area contributed by atoms with E-state index < -0.39 is 4.92 Å². The van der Waals surface area contributed by atoms with E-state index >= 15 is 0 Å². The molecule has 1 atom stereocenters. The van der Waals surface area contributed by atoms with Gasteiger partial charge in [-0.15, -0.1) is 0 Å². The van der Waals surface area contributed by atoms with Gasteiger partial charge in [-0.2, -0.15) is 0 Å². The van der Waals surface area contributed by atoms with Gasteiger partial charge in [0.25, 0.3) is 5.69 Å². The smallest absolute Gasteiger partial charge is 0.292 e. The van der Waals surface area contributed by atoms with E-state index in [1.807, 2.05) is 6.07 Å². The zero-order valence-corrected chi connectivity index (χ0v) is 11.8. The first kappa shape index (κ1) is 14.3. The second kappa shape index (κ2) is 5.65. The molecule has 2 aromatic carbocycles. The van der Waals surface area contributed by atoms with Gasteiger partial charge in [-0.1, -0.05) is 12.1 Å². The second-order valence-corrected chi connectivity index (χ2v) is 5.35. The molecule has 22 heavy (non-hydrogen) atoms. The molecular weight excluding hydrogens is 284 g/mol. The summed E-state index contributed by atoms with van der Waals surface area (Å²) in [5, 5.41) is 33.4. The predicted octanol–water partition coefficient (Wildman–Crippen LogP) is 2.89. The Kier molecular flexibility index (Phi) is 3.68. The lowest BCUT2D eigenvalue weighted by molar-refractivity contribution is -0.384. The molecule has 0 fully saturated rings. The Morgan fingerprint density at radius 3 is 2.86 bits per heavy atom. The number of anilines is 1. The molecule has 0 bridgehead atoms. The molecule has 2 aromatic rings. The standard InChI is InChI=1S/C16H16N2O4/c19-9-10-4-7-15(18(21)22)14(8-10)17-13-6-5-12-11(13)2-1-3-16(12)20/h1-4,7-8,13,17,19-20H,5-6,9H2. The third kappa shape index (κ3) is 2.48. The molecule has 0 spiro atoms. The minimum atomic E-state index is -0.443. The maximum absolute atomic E-state index is 11.2. The number of phenolic OH excluding ortho intramolecular Hbond substituents is 1. The molecule has 1 aliphatic rings. The van der Waals surface area contributed by atoms with Crippen molar-refractivity contribution in [3.8, 4) is 5.75 Å². The van der Waals surface area contributed by atoms with Crippen LogP contribution in [0.5, 0.6) is 5.75 Å². The Morgan fingerprint density at radius 2 is 2.14 bits per heavy atom. The molecule has 1 aliphatic carbocycles. The molecule has 114 valence electrons. The number of rotatable bonds is 4. The van der Waals surface area contributed by atoms with Crippen molar-refractivity contribution in [3.63, 3.8) is 0 Å². The normalized spacial score (nSPS) is 16.3. The number of aromatic hydroxyl groups is 1. The average Bonchev–Trinajstić information content (AvgIpc) is 2.91. The molecule has 0 saturated heterocycles. The fraction of sp³-hybridized carbons (Fsp3) is 0.250. The van der Waals surface area contributed by atoms with E-state index in [4.69, 9.17) is 0 Å². The van der Waals surface area contributed by atoms with Gasteiger partial charge in [-0.05, 0) is 47.7 Å². The fourth-order valence-electron chi connectivity index (χ4n) is 2.93. The Hall–Kier alpha value is -2.60. The predicted molar refractivity (Wildman–Crippen MR) is 81.8 cm³/mol. The number of aliphatic hydroxyl groups excluding tert-OH is 1. The number of phenols is 1. The minimum Gasteiger partial charge on any atom is -0.508 e. The first-order valence-electron chi connectivity index (χ1n) is 7.05. The van der Waals surface area contributed by atoms with Crippen LogP contribution in [0.1, 0.15) is 29.2 Å². The van der Waals surface area contributed by atoms with Gasteiger partial charge in [0.1, 0.15) is 11.4 Å². The molecule has 0 heterocycles. The average molecular weight is 300 g/mol. The summed E-state index contributed by atoms with van der Waals surface area (Å²) in [5.41, 5.74) is 2.83. The van der Waals surface area contributed by atoms with Crippen molar-refractivity contribution >= 4 is 11.4 Å². The molecule has 3 N–H and O–H groups in total. The van der Waals surface area contributed by atoms with Crippen LogP contribution in [-0.4, -0.2) is 15.1 Å². The van der Waals surface area contributed by atoms with Gasteiger partial charge >= 0.3 is 0 Å². The lowest BCUT2D eigenvalue weighted by atomic mass is 10.1. The molecule has 0 radical (unpaired) electrons.